The molecular formula is C16H22N2OS2. The van der Waals surface area contributed by atoms with Gasteiger partial charge in [-0.25, -0.2) is 0 Å². The molecule has 114 valence electrons. The van der Waals surface area contributed by atoms with Crippen LogP contribution in [0.4, 0.5) is 0 Å². The number of piperazine rings is 1. The van der Waals surface area contributed by atoms with Crippen LogP contribution in [-0.4, -0.2) is 54.7 Å². The van der Waals surface area contributed by atoms with E-state index in [1.54, 1.807) is 22.7 Å². The van der Waals surface area contributed by atoms with Crippen molar-refractivity contribution in [3.63, 3.8) is 0 Å². The predicted molar refractivity (Wildman–Crippen MR) is 90.2 cm³/mol. The summed E-state index contributed by atoms with van der Waals surface area (Å²) < 4.78 is 0. The molecule has 1 saturated heterocycles. The van der Waals surface area contributed by atoms with E-state index in [0.717, 1.165) is 50.3 Å². The largest absolute Gasteiger partial charge is 0.380 e. The molecule has 1 aliphatic rings. The minimum Gasteiger partial charge on any atom is -0.380 e. The van der Waals surface area contributed by atoms with Crippen LogP contribution in [0.3, 0.4) is 0 Å². The van der Waals surface area contributed by atoms with Gasteiger partial charge in [-0.1, -0.05) is 0 Å². The van der Waals surface area contributed by atoms with E-state index in [1.165, 1.54) is 0 Å². The van der Waals surface area contributed by atoms with Crippen molar-refractivity contribution in [2.45, 2.75) is 12.0 Å². The second-order valence-corrected chi connectivity index (χ2v) is 7.34. The first-order valence-electron chi connectivity index (χ1n) is 7.37. The number of aliphatic hydroxyl groups is 1. The zero-order valence-corrected chi connectivity index (χ0v) is 14.0. The standard InChI is InChI=1S/C16H22N2OS2/c1-17-6-8-18(9-7-17)5-4-16(19,14-2-10-20-12-14)15-3-11-21-13-15/h2-3,10-13,19H,4-9H2,1H3. The lowest BCUT2D eigenvalue weighted by Crippen LogP contribution is -2.46. The molecule has 0 amide bonds. The zero-order chi connectivity index (χ0) is 14.7. The molecule has 3 heterocycles. The molecule has 0 aliphatic carbocycles. The van der Waals surface area contributed by atoms with E-state index in [1.807, 2.05) is 22.9 Å². The van der Waals surface area contributed by atoms with E-state index in [2.05, 4.69) is 27.6 Å². The molecule has 1 aliphatic heterocycles. The summed E-state index contributed by atoms with van der Waals surface area (Å²) in [5.41, 5.74) is 1.21. The van der Waals surface area contributed by atoms with Crippen molar-refractivity contribution in [2.24, 2.45) is 0 Å². The Morgan fingerprint density at radius 1 is 1.05 bits per heavy atom. The van der Waals surface area contributed by atoms with Gasteiger partial charge in [0, 0.05) is 32.7 Å². The minimum atomic E-state index is -0.844. The number of hydrogen-bond donors (Lipinski definition) is 1. The maximum Gasteiger partial charge on any atom is 0.117 e. The van der Waals surface area contributed by atoms with Gasteiger partial charge >= 0.3 is 0 Å². The Bertz CT molecular complexity index is 496. The smallest absolute Gasteiger partial charge is 0.117 e. The zero-order valence-electron chi connectivity index (χ0n) is 12.4. The first-order chi connectivity index (χ1) is 10.2. The Balaban J connectivity index is 1.72. The Hall–Kier alpha value is -0.720. The molecular weight excluding hydrogens is 300 g/mol. The van der Waals surface area contributed by atoms with Crippen molar-refractivity contribution in [3.8, 4) is 0 Å². The molecule has 1 fully saturated rings. The van der Waals surface area contributed by atoms with Gasteiger partial charge in [-0.15, -0.1) is 0 Å². The van der Waals surface area contributed by atoms with E-state index in [4.69, 9.17) is 0 Å². The number of nitrogens with zero attached hydrogens (tertiary/aromatic N) is 2. The fourth-order valence-electron chi connectivity index (χ4n) is 2.85. The Morgan fingerprint density at radius 2 is 1.62 bits per heavy atom. The molecule has 0 spiro atoms. The van der Waals surface area contributed by atoms with Gasteiger partial charge in [0.25, 0.3) is 0 Å². The normalized spacial score (nSPS) is 18.2. The molecule has 3 rings (SSSR count). The Labute approximate surface area is 134 Å². The molecule has 0 radical (unpaired) electrons. The monoisotopic (exact) mass is 322 g/mol. The van der Waals surface area contributed by atoms with Gasteiger partial charge in [0.2, 0.25) is 0 Å². The Morgan fingerprint density at radius 3 is 2.10 bits per heavy atom. The average molecular weight is 322 g/mol. The number of rotatable bonds is 5. The van der Waals surface area contributed by atoms with E-state index in [9.17, 15) is 5.11 Å². The highest BCUT2D eigenvalue weighted by Crippen LogP contribution is 2.35. The molecule has 0 bridgehead atoms. The summed E-state index contributed by atoms with van der Waals surface area (Å²) in [5, 5.41) is 19.5. The molecule has 5 heteroatoms. The van der Waals surface area contributed by atoms with Gasteiger partial charge in [-0.05, 0) is 58.2 Å². The molecule has 2 aromatic heterocycles. The van der Waals surface area contributed by atoms with Crippen molar-refractivity contribution in [2.75, 3.05) is 39.8 Å². The van der Waals surface area contributed by atoms with Crippen molar-refractivity contribution in [1.82, 2.24) is 9.80 Å². The van der Waals surface area contributed by atoms with Gasteiger partial charge in [0.15, 0.2) is 0 Å². The van der Waals surface area contributed by atoms with Gasteiger partial charge in [-0.2, -0.15) is 22.7 Å². The van der Waals surface area contributed by atoms with Crippen molar-refractivity contribution < 1.29 is 5.11 Å². The highest BCUT2D eigenvalue weighted by atomic mass is 32.1. The van der Waals surface area contributed by atoms with Crippen LogP contribution in [0, 0.1) is 0 Å². The van der Waals surface area contributed by atoms with Crippen molar-refractivity contribution in [1.29, 1.82) is 0 Å². The maximum absolute atomic E-state index is 11.3. The summed E-state index contributed by atoms with van der Waals surface area (Å²) >= 11 is 3.30. The second kappa shape index (κ2) is 6.58. The predicted octanol–water partition coefficient (Wildman–Crippen LogP) is 2.68. The van der Waals surface area contributed by atoms with Gasteiger partial charge in [-0.3, -0.25) is 0 Å². The summed E-state index contributed by atoms with van der Waals surface area (Å²) in [6.45, 7) is 5.38. The highest BCUT2D eigenvalue weighted by Gasteiger charge is 2.33. The summed E-state index contributed by atoms with van der Waals surface area (Å²) in [4.78, 5) is 4.82. The third kappa shape index (κ3) is 3.38. The quantitative estimate of drug-likeness (QED) is 0.917. The summed E-state index contributed by atoms with van der Waals surface area (Å²) in [5.74, 6) is 0. The lowest BCUT2D eigenvalue weighted by Gasteiger charge is -2.35. The van der Waals surface area contributed by atoms with Crippen molar-refractivity contribution >= 4 is 22.7 Å². The fraction of sp³-hybridized carbons (Fsp3) is 0.500. The van der Waals surface area contributed by atoms with Crippen LogP contribution >= 0.6 is 22.7 Å². The van der Waals surface area contributed by atoms with Gasteiger partial charge in [0.1, 0.15) is 5.60 Å². The van der Waals surface area contributed by atoms with Crippen LogP contribution in [0.1, 0.15) is 17.5 Å². The van der Waals surface area contributed by atoms with Crippen LogP contribution in [0.25, 0.3) is 0 Å². The topological polar surface area (TPSA) is 26.7 Å². The third-order valence-corrected chi connectivity index (χ3v) is 5.75. The summed E-state index contributed by atoms with van der Waals surface area (Å²) in [6.07, 6.45) is 0.754. The molecule has 0 saturated carbocycles. The van der Waals surface area contributed by atoms with E-state index in [0.29, 0.717) is 0 Å². The SMILES string of the molecule is CN1CCN(CCC(O)(c2ccsc2)c2ccsc2)CC1. The molecule has 1 N–H and O–H groups in total. The molecule has 0 atom stereocenters. The fourth-order valence-corrected chi connectivity index (χ4v) is 4.29. The highest BCUT2D eigenvalue weighted by molar-refractivity contribution is 7.08. The summed E-state index contributed by atoms with van der Waals surface area (Å²) in [7, 11) is 2.17. The van der Waals surface area contributed by atoms with Gasteiger partial charge < -0.3 is 14.9 Å². The lowest BCUT2D eigenvalue weighted by atomic mass is 9.86. The first-order valence-corrected chi connectivity index (χ1v) is 9.26. The summed E-state index contributed by atoms with van der Waals surface area (Å²) in [6, 6.07) is 4.10. The second-order valence-electron chi connectivity index (χ2n) is 5.78. The van der Waals surface area contributed by atoms with E-state index < -0.39 is 5.60 Å². The molecule has 2 aromatic rings. The number of likely N-dealkylation sites (N-methyl/N-ethyl adjacent to an activating group) is 1. The van der Waals surface area contributed by atoms with E-state index >= 15 is 0 Å². The maximum atomic E-state index is 11.3. The van der Waals surface area contributed by atoms with Crippen LogP contribution in [0.15, 0.2) is 33.7 Å². The third-order valence-electron chi connectivity index (χ3n) is 4.38. The Kier molecular flexibility index (Phi) is 4.76. The average Bonchev–Trinajstić information content (AvgIpc) is 3.19. The minimum absolute atomic E-state index is 0.754. The molecule has 3 nitrogen and oxygen atoms in total. The van der Waals surface area contributed by atoms with Crippen molar-refractivity contribution in [3.05, 3.63) is 44.8 Å². The van der Waals surface area contributed by atoms with E-state index in [-0.39, 0.29) is 0 Å². The van der Waals surface area contributed by atoms with Crippen LogP contribution in [0.5, 0.6) is 0 Å². The van der Waals surface area contributed by atoms with Crippen LogP contribution in [-0.2, 0) is 5.60 Å². The molecule has 0 unspecified atom stereocenters. The van der Waals surface area contributed by atoms with Crippen LogP contribution < -0.4 is 0 Å². The number of hydrogen-bond acceptors (Lipinski definition) is 5. The van der Waals surface area contributed by atoms with Gasteiger partial charge in [0.05, 0.1) is 0 Å². The lowest BCUT2D eigenvalue weighted by molar-refractivity contribution is 0.0501. The molecule has 0 aromatic carbocycles. The molecule has 21 heavy (non-hydrogen) atoms. The number of thiophene rings is 2. The first kappa shape index (κ1) is 15.2. The van der Waals surface area contributed by atoms with Crippen LogP contribution in [0.2, 0.25) is 0 Å².